The van der Waals surface area contributed by atoms with Crippen LogP contribution in [0.25, 0.3) is 0 Å². The monoisotopic (exact) mass is 266 g/mol. The van der Waals surface area contributed by atoms with Crippen LogP contribution in [0.15, 0.2) is 42.5 Å². The van der Waals surface area contributed by atoms with Crippen LogP contribution in [0.2, 0.25) is 0 Å². The summed E-state index contributed by atoms with van der Waals surface area (Å²) in [5.41, 5.74) is 3.93. The van der Waals surface area contributed by atoms with Gasteiger partial charge in [0.1, 0.15) is 11.8 Å². The van der Waals surface area contributed by atoms with E-state index < -0.39 is 0 Å². The number of hydrogen-bond donors (Lipinski definition) is 1. The van der Waals surface area contributed by atoms with Crippen LogP contribution in [0.4, 0.5) is 5.69 Å². The first-order valence-corrected chi connectivity index (χ1v) is 6.60. The summed E-state index contributed by atoms with van der Waals surface area (Å²) >= 11 is 0. The van der Waals surface area contributed by atoms with Crippen LogP contribution in [0.3, 0.4) is 0 Å². The third-order valence-corrected chi connectivity index (χ3v) is 3.18. The first-order chi connectivity index (χ1) is 9.72. The van der Waals surface area contributed by atoms with Crippen LogP contribution in [0, 0.1) is 18.3 Å². The van der Waals surface area contributed by atoms with Crippen LogP contribution in [-0.2, 0) is 6.42 Å². The van der Waals surface area contributed by atoms with Gasteiger partial charge in [-0.25, -0.2) is 0 Å². The summed E-state index contributed by atoms with van der Waals surface area (Å²) in [6.45, 7) is 2.78. The Morgan fingerprint density at radius 1 is 1.15 bits per heavy atom. The van der Waals surface area contributed by atoms with Gasteiger partial charge in [0.05, 0.1) is 18.4 Å². The fraction of sp³-hybridized carbons (Fsp3) is 0.235. The van der Waals surface area contributed by atoms with Gasteiger partial charge in [0.25, 0.3) is 0 Å². The number of rotatable bonds is 5. The van der Waals surface area contributed by atoms with Gasteiger partial charge in [0.2, 0.25) is 0 Å². The Bertz CT molecular complexity index is 612. The zero-order valence-corrected chi connectivity index (χ0v) is 11.8. The van der Waals surface area contributed by atoms with Crippen molar-refractivity contribution in [3.05, 3.63) is 59.2 Å². The van der Waals surface area contributed by atoms with Gasteiger partial charge in [0.15, 0.2) is 0 Å². The summed E-state index contributed by atoms with van der Waals surface area (Å²) < 4.78 is 5.13. The summed E-state index contributed by atoms with van der Waals surface area (Å²) in [6.07, 6.45) is 0.905. The Balaban J connectivity index is 1.94. The Hall–Kier alpha value is -2.47. The lowest BCUT2D eigenvalue weighted by Crippen LogP contribution is -2.06. The van der Waals surface area contributed by atoms with E-state index in [1.807, 2.05) is 37.3 Å². The normalized spacial score (nSPS) is 9.85. The Morgan fingerprint density at radius 2 is 1.90 bits per heavy atom. The van der Waals surface area contributed by atoms with Gasteiger partial charge < -0.3 is 10.1 Å². The second-order valence-corrected chi connectivity index (χ2v) is 4.69. The molecular weight excluding hydrogens is 248 g/mol. The van der Waals surface area contributed by atoms with Crippen molar-refractivity contribution in [2.24, 2.45) is 0 Å². The highest BCUT2D eigenvalue weighted by molar-refractivity contribution is 5.58. The molecule has 0 atom stereocenters. The summed E-state index contributed by atoms with van der Waals surface area (Å²) in [6, 6.07) is 16.1. The smallest absolute Gasteiger partial charge is 0.118 e. The van der Waals surface area contributed by atoms with Crippen LogP contribution in [-0.4, -0.2) is 13.7 Å². The average molecular weight is 266 g/mol. The molecule has 0 saturated carbocycles. The van der Waals surface area contributed by atoms with E-state index in [4.69, 9.17) is 10.00 Å². The van der Waals surface area contributed by atoms with Crippen molar-refractivity contribution in [3.8, 4) is 11.8 Å². The van der Waals surface area contributed by atoms with E-state index in [1.54, 1.807) is 7.11 Å². The number of hydrogen-bond acceptors (Lipinski definition) is 3. The molecule has 0 unspecified atom stereocenters. The van der Waals surface area contributed by atoms with Gasteiger partial charge in [-0.05, 0) is 48.7 Å². The molecule has 0 fully saturated rings. The molecule has 102 valence electrons. The van der Waals surface area contributed by atoms with E-state index in [0.717, 1.165) is 30.0 Å². The van der Waals surface area contributed by atoms with Crippen LogP contribution >= 0.6 is 0 Å². The first-order valence-electron chi connectivity index (χ1n) is 6.60. The standard InChI is InChI=1S/C17H18N2O/c1-13-3-8-17(15(11-13)12-18)19-10-9-14-4-6-16(20-2)7-5-14/h3-8,11,19H,9-10H2,1-2H3. The van der Waals surface area contributed by atoms with Gasteiger partial charge in [-0.3, -0.25) is 0 Å². The van der Waals surface area contributed by atoms with E-state index in [0.29, 0.717) is 5.56 Å². The molecule has 0 bridgehead atoms. The fourth-order valence-electron chi connectivity index (χ4n) is 2.04. The van der Waals surface area contributed by atoms with E-state index in [9.17, 15) is 0 Å². The molecule has 0 spiro atoms. The topological polar surface area (TPSA) is 45.0 Å². The SMILES string of the molecule is COc1ccc(CCNc2ccc(C)cc2C#N)cc1. The number of aryl methyl sites for hydroxylation is 1. The van der Waals surface area contributed by atoms with Crippen LogP contribution < -0.4 is 10.1 Å². The minimum Gasteiger partial charge on any atom is -0.497 e. The number of ether oxygens (including phenoxy) is 1. The highest BCUT2D eigenvalue weighted by Crippen LogP contribution is 2.17. The number of nitriles is 1. The van der Waals surface area contributed by atoms with Crippen molar-refractivity contribution in [2.75, 3.05) is 19.0 Å². The van der Waals surface area contributed by atoms with Crippen molar-refractivity contribution in [1.82, 2.24) is 0 Å². The number of methoxy groups -OCH3 is 1. The summed E-state index contributed by atoms with van der Waals surface area (Å²) in [5, 5.41) is 12.4. The predicted octanol–water partition coefficient (Wildman–Crippen LogP) is 3.53. The fourth-order valence-corrected chi connectivity index (χ4v) is 2.04. The van der Waals surface area contributed by atoms with E-state index in [2.05, 4.69) is 23.5 Å². The van der Waals surface area contributed by atoms with Crippen LogP contribution in [0.5, 0.6) is 5.75 Å². The molecule has 3 nitrogen and oxygen atoms in total. The molecule has 1 N–H and O–H groups in total. The third kappa shape index (κ3) is 3.52. The maximum Gasteiger partial charge on any atom is 0.118 e. The largest absolute Gasteiger partial charge is 0.497 e. The van der Waals surface area contributed by atoms with Crippen molar-refractivity contribution >= 4 is 5.69 Å². The molecule has 2 aromatic rings. The molecule has 3 heteroatoms. The minimum atomic E-state index is 0.694. The molecule has 0 saturated heterocycles. The van der Waals surface area contributed by atoms with Crippen molar-refractivity contribution in [2.45, 2.75) is 13.3 Å². The number of nitrogens with zero attached hydrogens (tertiary/aromatic N) is 1. The Kier molecular flexibility index (Phi) is 4.62. The number of nitrogens with one attached hydrogen (secondary N) is 1. The zero-order valence-electron chi connectivity index (χ0n) is 11.8. The van der Waals surface area contributed by atoms with Crippen molar-refractivity contribution < 1.29 is 4.74 Å². The lowest BCUT2D eigenvalue weighted by Gasteiger charge is -2.09. The van der Waals surface area contributed by atoms with Crippen molar-refractivity contribution in [3.63, 3.8) is 0 Å². The second kappa shape index (κ2) is 6.63. The molecule has 0 aromatic heterocycles. The van der Waals surface area contributed by atoms with E-state index in [1.165, 1.54) is 5.56 Å². The predicted molar refractivity (Wildman–Crippen MR) is 81.1 cm³/mol. The number of anilines is 1. The van der Waals surface area contributed by atoms with Gasteiger partial charge in [-0.2, -0.15) is 5.26 Å². The molecule has 2 rings (SSSR count). The maximum absolute atomic E-state index is 9.11. The molecule has 0 amide bonds. The lowest BCUT2D eigenvalue weighted by atomic mass is 10.1. The summed E-state index contributed by atoms with van der Waals surface area (Å²) in [7, 11) is 1.66. The van der Waals surface area contributed by atoms with E-state index in [-0.39, 0.29) is 0 Å². The van der Waals surface area contributed by atoms with Gasteiger partial charge >= 0.3 is 0 Å². The summed E-state index contributed by atoms with van der Waals surface area (Å²) in [5.74, 6) is 0.868. The molecular formula is C17H18N2O. The molecule has 2 aromatic carbocycles. The lowest BCUT2D eigenvalue weighted by molar-refractivity contribution is 0.414. The molecule has 20 heavy (non-hydrogen) atoms. The van der Waals surface area contributed by atoms with Crippen molar-refractivity contribution in [1.29, 1.82) is 5.26 Å². The minimum absolute atomic E-state index is 0.694. The van der Waals surface area contributed by atoms with Gasteiger partial charge in [-0.15, -0.1) is 0 Å². The highest BCUT2D eigenvalue weighted by Gasteiger charge is 2.01. The Labute approximate surface area is 119 Å². The highest BCUT2D eigenvalue weighted by atomic mass is 16.5. The van der Waals surface area contributed by atoms with Gasteiger partial charge in [0, 0.05) is 6.54 Å². The summed E-state index contributed by atoms with van der Waals surface area (Å²) in [4.78, 5) is 0. The molecule has 0 aliphatic heterocycles. The van der Waals surface area contributed by atoms with Gasteiger partial charge in [-0.1, -0.05) is 18.2 Å². The molecule has 0 aliphatic rings. The molecule has 0 heterocycles. The maximum atomic E-state index is 9.11. The van der Waals surface area contributed by atoms with Crippen LogP contribution in [0.1, 0.15) is 16.7 Å². The third-order valence-electron chi connectivity index (χ3n) is 3.18. The Morgan fingerprint density at radius 3 is 2.55 bits per heavy atom. The zero-order chi connectivity index (χ0) is 14.4. The first kappa shape index (κ1) is 14.0. The quantitative estimate of drug-likeness (QED) is 0.900. The average Bonchev–Trinajstić information content (AvgIpc) is 2.49. The second-order valence-electron chi connectivity index (χ2n) is 4.69. The number of benzene rings is 2. The molecule has 0 aliphatic carbocycles. The molecule has 0 radical (unpaired) electrons. The van der Waals surface area contributed by atoms with E-state index >= 15 is 0 Å².